The van der Waals surface area contributed by atoms with Crippen LogP contribution in [0.2, 0.25) is 0 Å². The molecule has 14 nitrogen and oxygen atoms in total. The molecule has 0 aliphatic carbocycles. The van der Waals surface area contributed by atoms with Crippen LogP contribution in [0.25, 0.3) is 16.6 Å². The fourth-order valence-electron chi connectivity index (χ4n) is 9.95. The predicted molar refractivity (Wildman–Crippen MR) is 236 cm³/mol. The van der Waals surface area contributed by atoms with Crippen LogP contribution in [-0.4, -0.2) is 108 Å². The third-order valence-electron chi connectivity index (χ3n) is 13.5. The lowest BCUT2D eigenvalue weighted by Crippen LogP contribution is -2.52. The molecule has 4 fully saturated rings. The summed E-state index contributed by atoms with van der Waals surface area (Å²) in [6.07, 6.45) is 3.51. The van der Waals surface area contributed by atoms with Gasteiger partial charge in [-0.15, -0.1) is 0 Å². The predicted octanol–water partition coefficient (Wildman–Crippen LogP) is 5.54. The molecule has 4 aromatic carbocycles. The van der Waals surface area contributed by atoms with Crippen LogP contribution in [0.3, 0.4) is 0 Å². The van der Waals surface area contributed by atoms with Crippen molar-refractivity contribution in [3.8, 4) is 23.3 Å². The Morgan fingerprint density at radius 3 is 2.34 bits per heavy atom. The molecule has 2 atom stereocenters. The molecule has 10 rings (SSSR count). The maximum absolute atomic E-state index is 15.2. The summed E-state index contributed by atoms with van der Waals surface area (Å²) in [7, 11) is 0. The summed E-state index contributed by atoms with van der Waals surface area (Å²) in [4.78, 5) is 66.4. The van der Waals surface area contributed by atoms with Gasteiger partial charge in [0.15, 0.2) is 11.6 Å². The number of anilines is 3. The van der Waals surface area contributed by atoms with E-state index in [1.54, 1.807) is 21.9 Å². The van der Waals surface area contributed by atoms with Crippen LogP contribution < -0.4 is 30.3 Å². The third-order valence-corrected chi connectivity index (χ3v) is 13.5. The molecule has 0 radical (unpaired) electrons. The summed E-state index contributed by atoms with van der Waals surface area (Å²) < 4.78 is 36.6. The molecule has 4 saturated heterocycles. The second-order valence-corrected chi connectivity index (χ2v) is 17.4. The number of nitrogens with zero attached hydrogens (tertiary/aromatic N) is 8. The number of hydrogen-bond acceptors (Lipinski definition) is 11. The average molecular weight is 868 g/mol. The Kier molecular flexibility index (Phi) is 10.9. The van der Waals surface area contributed by atoms with Gasteiger partial charge in [-0.2, -0.15) is 5.26 Å². The maximum Gasteiger partial charge on any atom is 0.265 e. The van der Waals surface area contributed by atoms with Crippen molar-refractivity contribution < 1.29 is 27.9 Å². The van der Waals surface area contributed by atoms with Crippen molar-refractivity contribution in [1.29, 1.82) is 5.26 Å². The lowest BCUT2D eigenvalue weighted by atomic mass is 9.95. The molecule has 0 bridgehead atoms. The summed E-state index contributed by atoms with van der Waals surface area (Å²) in [6, 6.07) is 22.6. The Morgan fingerprint density at radius 1 is 0.812 bits per heavy atom. The van der Waals surface area contributed by atoms with Gasteiger partial charge in [-0.25, -0.2) is 13.8 Å². The summed E-state index contributed by atoms with van der Waals surface area (Å²) in [5.74, 6) is -1.13. The van der Waals surface area contributed by atoms with Crippen molar-refractivity contribution in [1.82, 2.24) is 24.7 Å². The second kappa shape index (κ2) is 17.0. The van der Waals surface area contributed by atoms with Gasteiger partial charge in [-0.1, -0.05) is 6.07 Å². The average Bonchev–Trinajstić information content (AvgIpc) is 3.89. The van der Waals surface area contributed by atoms with E-state index in [0.717, 1.165) is 75.6 Å². The zero-order valence-electron chi connectivity index (χ0n) is 35.2. The van der Waals surface area contributed by atoms with E-state index in [1.165, 1.54) is 29.1 Å². The number of rotatable bonds is 9. The van der Waals surface area contributed by atoms with E-state index >= 15 is 4.39 Å². The van der Waals surface area contributed by atoms with Crippen LogP contribution in [-0.2, 0) is 16.1 Å². The monoisotopic (exact) mass is 867 g/mol. The van der Waals surface area contributed by atoms with E-state index in [1.807, 2.05) is 42.5 Å². The number of halogens is 2. The first-order chi connectivity index (χ1) is 31.1. The minimum absolute atomic E-state index is 0.0340. The van der Waals surface area contributed by atoms with Gasteiger partial charge in [0.2, 0.25) is 11.8 Å². The molecular formula is C48H47F2N9O5. The van der Waals surface area contributed by atoms with Crippen LogP contribution >= 0.6 is 0 Å². The minimum atomic E-state index is -1.03. The van der Waals surface area contributed by atoms with Gasteiger partial charge in [0, 0.05) is 88.8 Å². The number of piperidine rings is 2. The maximum atomic E-state index is 15.2. The lowest BCUT2D eigenvalue weighted by molar-refractivity contribution is -0.136. The second-order valence-electron chi connectivity index (χ2n) is 17.4. The van der Waals surface area contributed by atoms with Gasteiger partial charge in [0.25, 0.3) is 11.5 Å². The molecule has 16 heteroatoms. The van der Waals surface area contributed by atoms with Gasteiger partial charge < -0.3 is 24.3 Å². The molecule has 0 spiro atoms. The van der Waals surface area contributed by atoms with Crippen molar-refractivity contribution in [2.45, 2.75) is 50.9 Å². The number of nitrogens with one attached hydrogen (secondary N) is 1. The van der Waals surface area contributed by atoms with E-state index in [9.17, 15) is 28.8 Å². The topological polar surface area (TPSA) is 147 Å². The normalized spacial score (nSPS) is 20.8. The number of ether oxygens (including phenoxy) is 1. The van der Waals surface area contributed by atoms with Crippen molar-refractivity contribution in [3.63, 3.8) is 0 Å². The first-order valence-corrected chi connectivity index (χ1v) is 22.0. The molecular weight excluding hydrogens is 821 g/mol. The molecule has 328 valence electrons. The summed E-state index contributed by atoms with van der Waals surface area (Å²) in [5.41, 5.74) is 4.78. The molecule has 1 unspecified atom stereocenters. The van der Waals surface area contributed by atoms with Crippen molar-refractivity contribution in [3.05, 3.63) is 112 Å². The number of carbonyl (C=O) groups excluding carboxylic acids is 3. The first-order valence-electron chi connectivity index (χ1n) is 22.0. The van der Waals surface area contributed by atoms with E-state index in [0.29, 0.717) is 54.3 Å². The number of benzene rings is 4. The van der Waals surface area contributed by atoms with E-state index in [-0.39, 0.29) is 52.8 Å². The van der Waals surface area contributed by atoms with Gasteiger partial charge >= 0.3 is 0 Å². The lowest BCUT2D eigenvalue weighted by Gasteiger charge is -2.40. The zero-order chi connectivity index (χ0) is 44.1. The molecule has 5 aromatic rings. The largest absolute Gasteiger partial charge is 0.453 e. The fourth-order valence-corrected chi connectivity index (χ4v) is 9.95. The summed E-state index contributed by atoms with van der Waals surface area (Å²) >= 11 is 0. The highest BCUT2D eigenvalue weighted by Crippen LogP contribution is 2.37. The quantitative estimate of drug-likeness (QED) is 0.187. The van der Waals surface area contributed by atoms with Crippen LogP contribution in [0.4, 0.5) is 25.8 Å². The fraction of sp³-hybridized carbons (Fsp3) is 0.375. The number of aromatic nitrogens is 2. The number of amides is 3. The van der Waals surface area contributed by atoms with Gasteiger partial charge in [0.1, 0.15) is 35.9 Å². The van der Waals surface area contributed by atoms with Crippen molar-refractivity contribution in [2.24, 2.45) is 5.92 Å². The number of imide groups is 1. The minimum Gasteiger partial charge on any atom is -0.453 e. The third kappa shape index (κ3) is 7.89. The first kappa shape index (κ1) is 41.2. The smallest absolute Gasteiger partial charge is 0.265 e. The number of nitriles is 1. The Bertz CT molecular complexity index is 2780. The molecule has 64 heavy (non-hydrogen) atoms. The van der Waals surface area contributed by atoms with Crippen LogP contribution in [0.1, 0.15) is 53.6 Å². The van der Waals surface area contributed by atoms with Crippen molar-refractivity contribution in [2.75, 3.05) is 73.6 Å². The zero-order valence-corrected chi connectivity index (χ0v) is 35.2. The number of alkyl halides is 1. The SMILES string of the molecule is N#Cc1c(N2CC[C@@H](F)C2)ccc(F)c1Oc1ccc2ncn(-c3cccc(N4CCN(CC5CCN(c6ccc7c(c6)CN(C6CCC(=O)NC6=O)C7=O)CC5)CC4)c3)c(=O)c2c1. The van der Waals surface area contributed by atoms with Crippen LogP contribution in [0, 0.1) is 23.1 Å². The van der Waals surface area contributed by atoms with E-state index in [4.69, 9.17) is 4.74 Å². The molecule has 5 aliphatic heterocycles. The van der Waals surface area contributed by atoms with E-state index in [2.05, 4.69) is 31.1 Å². The van der Waals surface area contributed by atoms with Gasteiger partial charge in [-0.05, 0) is 104 Å². The molecule has 1 N–H and O–H groups in total. The summed E-state index contributed by atoms with van der Waals surface area (Å²) in [6.45, 7) is 7.28. The Morgan fingerprint density at radius 2 is 1.58 bits per heavy atom. The number of hydrogen-bond donors (Lipinski definition) is 1. The van der Waals surface area contributed by atoms with E-state index < -0.39 is 23.9 Å². The molecule has 0 saturated carbocycles. The molecule has 6 heterocycles. The standard InChI is InChI=1S/C48H47F2N9O5/c49-32-14-17-57(28-32)42-9-7-40(50)45(39(42)25-51)64-36-5-8-41-38(24-36)48(63)59(29-52-41)35-3-1-2-33(23-35)56-20-18-54(19-21-56)26-30-12-15-55(16-13-30)34-4-6-37-31(22-34)27-58(47(37)62)43-10-11-44(60)53-46(43)61/h1-9,22-24,29-30,32,43H,10-21,26-28H2,(H,53,60,61)/t32-,43?/m1/s1. The van der Waals surface area contributed by atoms with Crippen LogP contribution in [0.15, 0.2) is 83.9 Å². The number of fused-ring (bicyclic) bond motifs is 2. The van der Waals surface area contributed by atoms with Gasteiger partial charge in [-0.3, -0.25) is 34.0 Å². The summed E-state index contributed by atoms with van der Waals surface area (Å²) in [5, 5.41) is 12.6. The van der Waals surface area contributed by atoms with Gasteiger partial charge in [0.05, 0.1) is 22.3 Å². The number of piperazine rings is 1. The number of carbonyl (C=O) groups is 3. The highest BCUT2D eigenvalue weighted by Gasteiger charge is 2.39. The molecule has 3 amide bonds. The molecule has 1 aromatic heterocycles. The highest BCUT2D eigenvalue weighted by atomic mass is 19.1. The molecule has 5 aliphatic rings. The Balaban J connectivity index is 0.751. The Labute approximate surface area is 368 Å². The highest BCUT2D eigenvalue weighted by molar-refractivity contribution is 6.05. The van der Waals surface area contributed by atoms with Crippen LogP contribution in [0.5, 0.6) is 11.5 Å². The Hall–Kier alpha value is -6.86. The van der Waals surface area contributed by atoms with Crippen molar-refractivity contribution >= 4 is 45.7 Å².